The first-order valence-electron chi connectivity index (χ1n) is 11.0. The molecule has 1 aromatic heterocycles. The first kappa shape index (κ1) is 23.1. The molecule has 2 amide bonds. The summed E-state index contributed by atoms with van der Waals surface area (Å²) in [6.07, 6.45) is 2.66. The number of rotatable bonds is 8. The number of nitrogens with zero attached hydrogens (tertiary/aromatic N) is 2. The molecule has 3 N–H and O–H groups in total. The van der Waals surface area contributed by atoms with Crippen molar-refractivity contribution >= 4 is 28.8 Å². The molecule has 2 heterocycles. The van der Waals surface area contributed by atoms with Crippen molar-refractivity contribution in [3.8, 4) is 0 Å². The van der Waals surface area contributed by atoms with E-state index in [0.29, 0.717) is 13.0 Å². The number of thiazole rings is 1. The molecule has 1 atom stereocenters. The van der Waals surface area contributed by atoms with Crippen molar-refractivity contribution in [1.82, 2.24) is 9.88 Å². The fraction of sp³-hybridized carbons (Fsp3) is 0.320. The minimum absolute atomic E-state index is 0.0702. The summed E-state index contributed by atoms with van der Waals surface area (Å²) < 4.78 is 13.0. The van der Waals surface area contributed by atoms with Gasteiger partial charge in [0.15, 0.2) is 0 Å². The Morgan fingerprint density at radius 2 is 1.85 bits per heavy atom. The summed E-state index contributed by atoms with van der Waals surface area (Å²) in [7, 11) is 0. The van der Waals surface area contributed by atoms with Gasteiger partial charge >= 0.3 is 0 Å². The van der Waals surface area contributed by atoms with Gasteiger partial charge in [0.1, 0.15) is 5.82 Å². The molecule has 33 heavy (non-hydrogen) atoms. The van der Waals surface area contributed by atoms with E-state index in [-0.39, 0.29) is 30.0 Å². The van der Waals surface area contributed by atoms with E-state index >= 15 is 0 Å². The van der Waals surface area contributed by atoms with Crippen molar-refractivity contribution in [3.63, 3.8) is 0 Å². The number of halogens is 1. The van der Waals surface area contributed by atoms with Gasteiger partial charge in [0.2, 0.25) is 11.8 Å². The molecule has 1 aliphatic heterocycles. The van der Waals surface area contributed by atoms with Crippen molar-refractivity contribution < 1.29 is 14.0 Å². The van der Waals surface area contributed by atoms with E-state index in [2.05, 4.69) is 15.2 Å². The Hall–Kier alpha value is -3.10. The van der Waals surface area contributed by atoms with Crippen LogP contribution in [0.4, 0.5) is 10.1 Å². The average Bonchev–Trinajstić information content (AvgIpc) is 3.23. The Balaban J connectivity index is 1.26. The Morgan fingerprint density at radius 3 is 2.58 bits per heavy atom. The number of piperidine rings is 1. The van der Waals surface area contributed by atoms with E-state index in [1.807, 2.05) is 29.6 Å². The lowest BCUT2D eigenvalue weighted by molar-refractivity contribution is -0.123. The van der Waals surface area contributed by atoms with Gasteiger partial charge in [-0.3, -0.25) is 14.5 Å². The molecule has 0 radical (unpaired) electrons. The smallest absolute Gasteiger partial charge is 0.230 e. The molecule has 1 saturated heterocycles. The lowest BCUT2D eigenvalue weighted by Gasteiger charge is -2.31. The molecule has 0 spiro atoms. The van der Waals surface area contributed by atoms with Gasteiger partial charge in [0.25, 0.3) is 0 Å². The number of carbonyl (C=O) groups is 2. The molecule has 0 bridgehead atoms. The van der Waals surface area contributed by atoms with Crippen LogP contribution in [0.2, 0.25) is 0 Å². The van der Waals surface area contributed by atoms with Crippen LogP contribution in [-0.2, 0) is 29.0 Å². The van der Waals surface area contributed by atoms with Crippen LogP contribution in [0.25, 0.3) is 0 Å². The van der Waals surface area contributed by atoms with Crippen LogP contribution in [0.5, 0.6) is 0 Å². The largest absolute Gasteiger partial charge is 0.369 e. The number of anilines is 1. The normalized spacial score (nSPS) is 16.5. The molecule has 2 aromatic carbocycles. The molecule has 1 fully saturated rings. The second kappa shape index (κ2) is 10.7. The third kappa shape index (κ3) is 6.69. The van der Waals surface area contributed by atoms with Gasteiger partial charge in [-0.2, -0.15) is 0 Å². The van der Waals surface area contributed by atoms with Crippen LogP contribution in [0, 0.1) is 11.7 Å². The maximum atomic E-state index is 13.0. The standard InChI is InChI=1S/C25H27FN4O2S/c26-20-7-3-17(4-8-20)12-24-29-22(16-33-24)13-23(31)28-21-9-5-18(6-10-21)14-30-11-1-2-19(15-30)25(27)32/h3-10,16,19H,1-2,11-15H2,(H2,27,32)(H,28,31). The first-order valence-corrected chi connectivity index (χ1v) is 11.9. The summed E-state index contributed by atoms with van der Waals surface area (Å²) in [4.78, 5) is 30.7. The minimum atomic E-state index is -0.258. The van der Waals surface area contributed by atoms with Gasteiger partial charge in [-0.1, -0.05) is 24.3 Å². The Labute approximate surface area is 196 Å². The van der Waals surface area contributed by atoms with Gasteiger partial charge in [-0.25, -0.2) is 9.37 Å². The van der Waals surface area contributed by atoms with Crippen LogP contribution in [-0.4, -0.2) is 34.8 Å². The lowest BCUT2D eigenvalue weighted by Crippen LogP contribution is -2.40. The molecule has 1 unspecified atom stereocenters. The zero-order chi connectivity index (χ0) is 23.2. The summed E-state index contributed by atoms with van der Waals surface area (Å²) in [6.45, 7) is 2.41. The first-order chi connectivity index (χ1) is 15.9. The Kier molecular flexibility index (Phi) is 7.47. The molecule has 0 aliphatic carbocycles. The zero-order valence-electron chi connectivity index (χ0n) is 18.3. The Bertz CT molecular complexity index is 1100. The Morgan fingerprint density at radius 1 is 1.12 bits per heavy atom. The van der Waals surface area contributed by atoms with E-state index in [1.54, 1.807) is 12.1 Å². The monoisotopic (exact) mass is 466 g/mol. The highest BCUT2D eigenvalue weighted by molar-refractivity contribution is 7.09. The molecule has 6 nitrogen and oxygen atoms in total. The number of benzene rings is 2. The SMILES string of the molecule is NC(=O)C1CCCN(Cc2ccc(NC(=O)Cc3csc(Cc4ccc(F)cc4)n3)cc2)C1. The number of carbonyl (C=O) groups excluding carboxylic acids is 2. The number of hydrogen-bond donors (Lipinski definition) is 2. The van der Waals surface area contributed by atoms with Gasteiger partial charge in [0.05, 0.1) is 23.0 Å². The summed E-state index contributed by atoms with van der Waals surface area (Å²) in [5, 5.41) is 5.70. The number of amides is 2. The van der Waals surface area contributed by atoms with Gasteiger partial charge in [-0.15, -0.1) is 11.3 Å². The third-order valence-corrected chi connectivity index (χ3v) is 6.66. The predicted octanol–water partition coefficient (Wildman–Crippen LogP) is 3.75. The molecular weight excluding hydrogens is 439 g/mol. The van der Waals surface area contributed by atoms with E-state index < -0.39 is 0 Å². The topological polar surface area (TPSA) is 88.3 Å². The maximum absolute atomic E-state index is 13.0. The molecule has 1 aliphatic rings. The second-order valence-corrected chi connectivity index (χ2v) is 9.38. The summed E-state index contributed by atoms with van der Waals surface area (Å²) in [6, 6.07) is 14.1. The van der Waals surface area contributed by atoms with Crippen LogP contribution < -0.4 is 11.1 Å². The van der Waals surface area contributed by atoms with Crippen molar-refractivity contribution in [2.75, 3.05) is 18.4 Å². The van der Waals surface area contributed by atoms with E-state index in [9.17, 15) is 14.0 Å². The molecule has 3 aromatic rings. The fourth-order valence-corrected chi connectivity index (χ4v) is 4.87. The highest BCUT2D eigenvalue weighted by Crippen LogP contribution is 2.20. The minimum Gasteiger partial charge on any atom is -0.369 e. The maximum Gasteiger partial charge on any atom is 0.230 e. The van der Waals surface area contributed by atoms with E-state index in [4.69, 9.17) is 5.73 Å². The highest BCUT2D eigenvalue weighted by atomic mass is 32.1. The van der Waals surface area contributed by atoms with Crippen LogP contribution >= 0.6 is 11.3 Å². The quantitative estimate of drug-likeness (QED) is 0.529. The van der Waals surface area contributed by atoms with E-state index in [0.717, 1.165) is 53.4 Å². The van der Waals surface area contributed by atoms with Crippen LogP contribution in [0.15, 0.2) is 53.9 Å². The number of nitrogens with two attached hydrogens (primary N) is 1. The average molecular weight is 467 g/mol. The second-order valence-electron chi connectivity index (χ2n) is 8.43. The van der Waals surface area contributed by atoms with Gasteiger partial charge in [-0.05, 0) is 54.8 Å². The highest BCUT2D eigenvalue weighted by Gasteiger charge is 2.23. The predicted molar refractivity (Wildman–Crippen MR) is 127 cm³/mol. The molecule has 8 heteroatoms. The number of hydrogen-bond acceptors (Lipinski definition) is 5. The summed E-state index contributed by atoms with van der Waals surface area (Å²) in [5.41, 5.74) is 9.03. The van der Waals surface area contributed by atoms with Crippen molar-refractivity contribution in [2.24, 2.45) is 11.7 Å². The molecule has 4 rings (SSSR count). The number of primary amides is 1. The lowest BCUT2D eigenvalue weighted by atomic mass is 9.97. The number of aromatic nitrogens is 1. The van der Waals surface area contributed by atoms with Crippen LogP contribution in [0.3, 0.4) is 0 Å². The fourth-order valence-electron chi connectivity index (χ4n) is 4.04. The molecule has 172 valence electrons. The summed E-state index contributed by atoms with van der Waals surface area (Å²) in [5.74, 6) is -0.673. The van der Waals surface area contributed by atoms with Gasteiger partial charge in [0, 0.05) is 30.6 Å². The molecule has 0 saturated carbocycles. The summed E-state index contributed by atoms with van der Waals surface area (Å²) >= 11 is 1.50. The molecular formula is C25H27FN4O2S. The van der Waals surface area contributed by atoms with Crippen molar-refractivity contribution in [1.29, 1.82) is 0 Å². The zero-order valence-corrected chi connectivity index (χ0v) is 19.1. The van der Waals surface area contributed by atoms with Crippen molar-refractivity contribution in [2.45, 2.75) is 32.2 Å². The number of nitrogens with one attached hydrogen (secondary N) is 1. The van der Waals surface area contributed by atoms with Crippen molar-refractivity contribution in [3.05, 3.63) is 81.6 Å². The van der Waals surface area contributed by atoms with Gasteiger partial charge < -0.3 is 11.1 Å². The third-order valence-electron chi connectivity index (χ3n) is 5.76. The van der Waals surface area contributed by atoms with E-state index in [1.165, 1.54) is 23.5 Å². The van der Waals surface area contributed by atoms with Crippen LogP contribution in [0.1, 0.15) is 34.7 Å². The number of likely N-dealkylation sites (tertiary alicyclic amines) is 1.